The summed E-state index contributed by atoms with van der Waals surface area (Å²) < 4.78 is 6.68. The molecule has 4 nitrogen and oxygen atoms in total. The van der Waals surface area contributed by atoms with Crippen LogP contribution >= 0.6 is 31.9 Å². The second kappa shape index (κ2) is 7.04. The zero-order valence-corrected chi connectivity index (χ0v) is 14.7. The molecular weight excluding hydrogens is 400 g/mol. The predicted octanol–water partition coefficient (Wildman–Crippen LogP) is 4.11. The number of hydrogen-bond acceptors (Lipinski definition) is 3. The minimum absolute atomic E-state index is 0.138. The molecule has 0 bridgehead atoms. The van der Waals surface area contributed by atoms with Gasteiger partial charge in [0.05, 0.1) is 17.6 Å². The maximum absolute atomic E-state index is 12.2. The van der Waals surface area contributed by atoms with E-state index in [9.17, 15) is 4.79 Å². The number of amides is 1. The number of rotatable bonds is 4. The first kappa shape index (κ1) is 16.0. The molecular formula is C15H14Br2N2O2. The normalized spacial score (nSPS) is 11.8. The maximum atomic E-state index is 12.2. The van der Waals surface area contributed by atoms with Crippen LogP contribution in [0, 0.1) is 0 Å². The highest BCUT2D eigenvalue weighted by Crippen LogP contribution is 2.28. The molecule has 0 saturated heterocycles. The van der Waals surface area contributed by atoms with Gasteiger partial charge in [0.2, 0.25) is 0 Å². The van der Waals surface area contributed by atoms with Crippen LogP contribution in [0.5, 0.6) is 5.75 Å². The van der Waals surface area contributed by atoms with Gasteiger partial charge in [-0.05, 0) is 68.6 Å². The fourth-order valence-electron chi connectivity index (χ4n) is 1.84. The lowest BCUT2D eigenvalue weighted by atomic mass is 10.1. The Kier molecular flexibility index (Phi) is 5.36. The fraction of sp³-hybridized carbons (Fsp3) is 0.200. The number of carbonyl (C=O) groups is 1. The maximum Gasteiger partial charge on any atom is 0.270 e. The Bertz CT molecular complexity index is 662. The average Bonchev–Trinajstić information content (AvgIpc) is 2.47. The monoisotopic (exact) mass is 412 g/mol. The Balaban J connectivity index is 2.12. The Hall–Kier alpha value is -1.40. The lowest BCUT2D eigenvalue weighted by Gasteiger charge is -2.15. The van der Waals surface area contributed by atoms with Crippen LogP contribution < -0.4 is 10.1 Å². The second-order valence-corrected chi connectivity index (χ2v) is 6.10. The van der Waals surface area contributed by atoms with Crippen molar-refractivity contribution >= 4 is 37.8 Å². The molecule has 0 fully saturated rings. The molecule has 0 aliphatic carbocycles. The van der Waals surface area contributed by atoms with Gasteiger partial charge in [0.1, 0.15) is 16.0 Å². The van der Waals surface area contributed by atoms with Crippen molar-refractivity contribution in [1.29, 1.82) is 0 Å². The third-order valence-electron chi connectivity index (χ3n) is 2.97. The molecule has 110 valence electrons. The molecule has 6 heteroatoms. The molecule has 1 unspecified atom stereocenters. The largest absolute Gasteiger partial charge is 0.496 e. The van der Waals surface area contributed by atoms with Crippen LogP contribution in [0.4, 0.5) is 0 Å². The molecule has 2 aromatic rings. The molecule has 2 rings (SSSR count). The van der Waals surface area contributed by atoms with E-state index in [0.717, 1.165) is 15.8 Å². The third kappa shape index (κ3) is 4.04. The minimum atomic E-state index is -0.212. The van der Waals surface area contributed by atoms with E-state index in [0.29, 0.717) is 10.3 Å². The molecule has 0 radical (unpaired) electrons. The van der Waals surface area contributed by atoms with E-state index in [1.165, 1.54) is 0 Å². The summed E-state index contributed by atoms with van der Waals surface area (Å²) in [5.41, 5.74) is 1.36. The zero-order chi connectivity index (χ0) is 15.4. The second-order valence-electron chi connectivity index (χ2n) is 4.43. The number of methoxy groups -OCH3 is 1. The van der Waals surface area contributed by atoms with Crippen molar-refractivity contribution in [2.75, 3.05) is 7.11 Å². The van der Waals surface area contributed by atoms with Crippen molar-refractivity contribution in [3.05, 3.63) is 56.7 Å². The lowest BCUT2D eigenvalue weighted by molar-refractivity contribution is 0.0934. The number of halogens is 2. The number of hydrogen-bond donors (Lipinski definition) is 1. The average molecular weight is 414 g/mol. The molecule has 1 N–H and O–H groups in total. The van der Waals surface area contributed by atoms with E-state index >= 15 is 0 Å². The lowest BCUT2D eigenvalue weighted by Crippen LogP contribution is -2.27. The molecule has 1 aromatic heterocycles. The van der Waals surface area contributed by atoms with Crippen LogP contribution in [0.3, 0.4) is 0 Å². The van der Waals surface area contributed by atoms with Gasteiger partial charge in [-0.15, -0.1) is 0 Å². The van der Waals surface area contributed by atoms with Gasteiger partial charge < -0.3 is 10.1 Å². The van der Waals surface area contributed by atoms with Gasteiger partial charge in [-0.3, -0.25) is 4.79 Å². The summed E-state index contributed by atoms with van der Waals surface area (Å²) in [6.07, 6.45) is 0. The number of pyridine rings is 1. The first-order valence-electron chi connectivity index (χ1n) is 6.28. The number of nitrogens with one attached hydrogen (secondary N) is 1. The number of ether oxygens (including phenoxy) is 1. The van der Waals surface area contributed by atoms with Crippen LogP contribution in [0.25, 0.3) is 0 Å². The van der Waals surface area contributed by atoms with Gasteiger partial charge in [0.15, 0.2) is 0 Å². The molecule has 1 amide bonds. The molecule has 0 saturated carbocycles. The Morgan fingerprint density at radius 2 is 2.05 bits per heavy atom. The van der Waals surface area contributed by atoms with E-state index in [1.807, 2.05) is 25.1 Å². The SMILES string of the molecule is COc1ccc(C(C)NC(=O)c2cccc(Br)n2)cc1Br. The van der Waals surface area contributed by atoms with Gasteiger partial charge in [0, 0.05) is 0 Å². The van der Waals surface area contributed by atoms with Crippen LogP contribution in [0.15, 0.2) is 45.5 Å². The van der Waals surface area contributed by atoms with Gasteiger partial charge in [-0.1, -0.05) is 12.1 Å². The number of aromatic nitrogens is 1. The minimum Gasteiger partial charge on any atom is -0.496 e. The van der Waals surface area contributed by atoms with Crippen molar-refractivity contribution in [1.82, 2.24) is 10.3 Å². The Morgan fingerprint density at radius 3 is 2.67 bits per heavy atom. The first-order valence-corrected chi connectivity index (χ1v) is 7.86. The smallest absolute Gasteiger partial charge is 0.270 e. The Labute approximate surface area is 140 Å². The molecule has 0 aliphatic heterocycles. The van der Waals surface area contributed by atoms with Crippen molar-refractivity contribution in [2.24, 2.45) is 0 Å². The summed E-state index contributed by atoms with van der Waals surface area (Å²) in [7, 11) is 1.61. The third-order valence-corrected chi connectivity index (χ3v) is 4.03. The molecule has 0 spiro atoms. The summed E-state index contributed by atoms with van der Waals surface area (Å²) in [6, 6.07) is 10.8. The summed E-state index contributed by atoms with van der Waals surface area (Å²) >= 11 is 6.70. The van der Waals surface area contributed by atoms with E-state index in [1.54, 1.807) is 25.3 Å². The van der Waals surface area contributed by atoms with Crippen molar-refractivity contribution in [3.8, 4) is 5.75 Å². The molecule has 1 heterocycles. The predicted molar refractivity (Wildman–Crippen MR) is 88.5 cm³/mol. The first-order chi connectivity index (χ1) is 10.0. The molecule has 1 atom stereocenters. The topological polar surface area (TPSA) is 51.2 Å². The Morgan fingerprint density at radius 1 is 1.29 bits per heavy atom. The fourth-order valence-corrected chi connectivity index (χ4v) is 2.74. The van der Waals surface area contributed by atoms with Crippen LogP contribution in [0.2, 0.25) is 0 Å². The quantitative estimate of drug-likeness (QED) is 0.767. The summed E-state index contributed by atoms with van der Waals surface area (Å²) in [5, 5.41) is 2.92. The van der Waals surface area contributed by atoms with Crippen molar-refractivity contribution in [3.63, 3.8) is 0 Å². The molecule has 1 aromatic carbocycles. The van der Waals surface area contributed by atoms with Gasteiger partial charge >= 0.3 is 0 Å². The zero-order valence-electron chi connectivity index (χ0n) is 11.6. The number of carbonyl (C=O) groups excluding carboxylic acids is 1. The van der Waals surface area contributed by atoms with E-state index in [-0.39, 0.29) is 11.9 Å². The van der Waals surface area contributed by atoms with Gasteiger partial charge in [-0.2, -0.15) is 0 Å². The van der Waals surface area contributed by atoms with Crippen LogP contribution in [-0.4, -0.2) is 18.0 Å². The van der Waals surface area contributed by atoms with Gasteiger partial charge in [-0.25, -0.2) is 4.98 Å². The number of nitrogens with zero attached hydrogens (tertiary/aromatic N) is 1. The molecule has 21 heavy (non-hydrogen) atoms. The summed E-state index contributed by atoms with van der Waals surface area (Å²) in [6.45, 7) is 1.92. The van der Waals surface area contributed by atoms with E-state index in [4.69, 9.17) is 4.74 Å². The van der Waals surface area contributed by atoms with Crippen LogP contribution in [0.1, 0.15) is 29.0 Å². The van der Waals surface area contributed by atoms with E-state index < -0.39 is 0 Å². The van der Waals surface area contributed by atoms with E-state index in [2.05, 4.69) is 42.2 Å². The van der Waals surface area contributed by atoms with Crippen molar-refractivity contribution in [2.45, 2.75) is 13.0 Å². The molecule has 0 aliphatic rings. The summed E-state index contributed by atoms with van der Waals surface area (Å²) in [5.74, 6) is 0.543. The van der Waals surface area contributed by atoms with Crippen molar-refractivity contribution < 1.29 is 9.53 Å². The highest BCUT2D eigenvalue weighted by molar-refractivity contribution is 9.10. The highest BCUT2D eigenvalue weighted by Gasteiger charge is 2.14. The summed E-state index contributed by atoms with van der Waals surface area (Å²) in [4.78, 5) is 16.3. The highest BCUT2D eigenvalue weighted by atomic mass is 79.9. The van der Waals surface area contributed by atoms with Gasteiger partial charge in [0.25, 0.3) is 5.91 Å². The standard InChI is InChI=1S/C15H14Br2N2O2/c1-9(10-6-7-13(21-2)11(16)8-10)18-15(20)12-4-3-5-14(17)19-12/h3-9H,1-2H3,(H,18,20). The van der Waals surface area contributed by atoms with Crippen LogP contribution in [-0.2, 0) is 0 Å². The number of benzene rings is 1.